The Labute approximate surface area is 102 Å². The Bertz CT molecular complexity index is 341. The number of rotatable bonds is 8. The van der Waals surface area contributed by atoms with Gasteiger partial charge in [-0.15, -0.1) is 0 Å². The first-order chi connectivity index (χ1) is 8.24. The zero-order valence-electron chi connectivity index (χ0n) is 10.3. The SMILES string of the molecule is C=COCCCNC(C)Cc1ccccc1F. The summed E-state index contributed by atoms with van der Waals surface area (Å²) in [6.45, 7) is 7.07. The quantitative estimate of drug-likeness (QED) is 0.554. The van der Waals surface area contributed by atoms with Crippen LogP contribution < -0.4 is 5.32 Å². The van der Waals surface area contributed by atoms with Crippen LogP contribution in [-0.2, 0) is 11.2 Å². The highest BCUT2D eigenvalue weighted by atomic mass is 19.1. The Morgan fingerprint density at radius 2 is 2.24 bits per heavy atom. The summed E-state index contributed by atoms with van der Waals surface area (Å²) in [7, 11) is 0. The highest BCUT2D eigenvalue weighted by molar-refractivity contribution is 5.18. The lowest BCUT2D eigenvalue weighted by Crippen LogP contribution is -2.29. The highest BCUT2D eigenvalue weighted by Gasteiger charge is 2.06. The average Bonchev–Trinajstić information content (AvgIpc) is 2.32. The molecule has 1 atom stereocenters. The Morgan fingerprint density at radius 3 is 2.94 bits per heavy atom. The van der Waals surface area contributed by atoms with Crippen LogP contribution in [0.2, 0.25) is 0 Å². The third kappa shape index (κ3) is 5.50. The summed E-state index contributed by atoms with van der Waals surface area (Å²) in [6, 6.07) is 7.16. The van der Waals surface area contributed by atoms with E-state index in [1.54, 1.807) is 6.07 Å². The maximum Gasteiger partial charge on any atom is 0.126 e. The Balaban J connectivity index is 2.23. The van der Waals surface area contributed by atoms with Crippen molar-refractivity contribution in [3.05, 3.63) is 48.5 Å². The van der Waals surface area contributed by atoms with Crippen molar-refractivity contribution in [3.8, 4) is 0 Å². The van der Waals surface area contributed by atoms with Crippen molar-refractivity contribution >= 4 is 0 Å². The van der Waals surface area contributed by atoms with Gasteiger partial charge in [0.25, 0.3) is 0 Å². The van der Waals surface area contributed by atoms with Gasteiger partial charge in [0.05, 0.1) is 12.9 Å². The number of halogens is 1. The molecule has 1 rings (SSSR count). The molecule has 0 radical (unpaired) electrons. The lowest BCUT2D eigenvalue weighted by atomic mass is 10.1. The predicted octanol–water partition coefficient (Wildman–Crippen LogP) is 2.90. The van der Waals surface area contributed by atoms with Gasteiger partial charge < -0.3 is 10.1 Å². The molecule has 1 N–H and O–H groups in total. The first kappa shape index (κ1) is 13.7. The zero-order chi connectivity index (χ0) is 12.5. The van der Waals surface area contributed by atoms with E-state index in [2.05, 4.69) is 18.8 Å². The van der Waals surface area contributed by atoms with Crippen LogP contribution >= 0.6 is 0 Å². The first-order valence-corrected chi connectivity index (χ1v) is 5.93. The van der Waals surface area contributed by atoms with Gasteiger partial charge in [-0.25, -0.2) is 4.39 Å². The van der Waals surface area contributed by atoms with Gasteiger partial charge in [-0.3, -0.25) is 0 Å². The van der Waals surface area contributed by atoms with E-state index in [1.165, 1.54) is 12.3 Å². The Kier molecular flexibility index (Phi) is 6.33. The topological polar surface area (TPSA) is 21.3 Å². The van der Waals surface area contributed by atoms with Crippen LogP contribution in [0.3, 0.4) is 0 Å². The van der Waals surface area contributed by atoms with Crippen LogP contribution in [-0.4, -0.2) is 19.2 Å². The minimum absolute atomic E-state index is 0.129. The average molecular weight is 237 g/mol. The Hall–Kier alpha value is -1.35. The smallest absolute Gasteiger partial charge is 0.126 e. The summed E-state index contributed by atoms with van der Waals surface area (Å²) in [5, 5.41) is 3.34. The summed E-state index contributed by atoms with van der Waals surface area (Å²) in [5.41, 5.74) is 0.759. The maximum atomic E-state index is 13.4. The van der Waals surface area contributed by atoms with Crippen molar-refractivity contribution in [3.63, 3.8) is 0 Å². The molecular formula is C14H20FNO. The molecule has 17 heavy (non-hydrogen) atoms. The fourth-order valence-electron chi connectivity index (χ4n) is 1.65. The molecule has 3 heteroatoms. The molecule has 0 aliphatic rings. The van der Waals surface area contributed by atoms with E-state index in [9.17, 15) is 4.39 Å². The fraction of sp³-hybridized carbons (Fsp3) is 0.429. The number of ether oxygens (including phenoxy) is 1. The van der Waals surface area contributed by atoms with Crippen molar-refractivity contribution in [2.45, 2.75) is 25.8 Å². The molecule has 0 aliphatic heterocycles. The van der Waals surface area contributed by atoms with Gasteiger partial charge in [0, 0.05) is 6.04 Å². The molecule has 0 saturated heterocycles. The molecule has 0 heterocycles. The number of benzene rings is 1. The van der Waals surface area contributed by atoms with E-state index < -0.39 is 0 Å². The van der Waals surface area contributed by atoms with Crippen LogP contribution in [0.25, 0.3) is 0 Å². The van der Waals surface area contributed by atoms with Crippen LogP contribution in [0.1, 0.15) is 18.9 Å². The summed E-state index contributed by atoms with van der Waals surface area (Å²) < 4.78 is 18.4. The molecule has 0 bridgehead atoms. The highest BCUT2D eigenvalue weighted by Crippen LogP contribution is 2.08. The summed E-state index contributed by atoms with van der Waals surface area (Å²) >= 11 is 0. The zero-order valence-corrected chi connectivity index (χ0v) is 10.3. The third-order valence-electron chi connectivity index (χ3n) is 2.53. The van der Waals surface area contributed by atoms with Gasteiger partial charge in [-0.05, 0) is 37.9 Å². The fourth-order valence-corrected chi connectivity index (χ4v) is 1.65. The minimum Gasteiger partial charge on any atom is -0.502 e. The minimum atomic E-state index is -0.129. The number of nitrogens with one attached hydrogen (secondary N) is 1. The molecule has 2 nitrogen and oxygen atoms in total. The van der Waals surface area contributed by atoms with Gasteiger partial charge in [0.1, 0.15) is 5.82 Å². The lowest BCUT2D eigenvalue weighted by Gasteiger charge is -2.14. The first-order valence-electron chi connectivity index (χ1n) is 5.93. The second kappa shape index (κ2) is 7.85. The van der Waals surface area contributed by atoms with Gasteiger partial charge in [-0.2, -0.15) is 0 Å². The standard InChI is InChI=1S/C14H20FNO/c1-3-17-10-6-9-16-12(2)11-13-7-4-5-8-14(13)15/h3-5,7-8,12,16H,1,6,9-11H2,2H3. The molecule has 1 aromatic rings. The van der Waals surface area contributed by atoms with Crippen LogP contribution in [0, 0.1) is 5.82 Å². The molecule has 0 aromatic heterocycles. The van der Waals surface area contributed by atoms with E-state index in [-0.39, 0.29) is 11.9 Å². The summed E-state index contributed by atoms with van der Waals surface area (Å²) in [4.78, 5) is 0. The largest absolute Gasteiger partial charge is 0.502 e. The predicted molar refractivity (Wildman–Crippen MR) is 68.3 cm³/mol. The van der Waals surface area contributed by atoms with Gasteiger partial charge >= 0.3 is 0 Å². The normalized spacial score (nSPS) is 12.1. The third-order valence-corrected chi connectivity index (χ3v) is 2.53. The monoisotopic (exact) mass is 237 g/mol. The van der Waals surface area contributed by atoms with Crippen molar-refractivity contribution < 1.29 is 9.13 Å². The summed E-state index contributed by atoms with van der Waals surface area (Å²) in [5.74, 6) is -0.129. The molecule has 0 fully saturated rings. The number of hydrogen-bond donors (Lipinski definition) is 1. The van der Waals surface area contributed by atoms with Gasteiger partial charge in [0.15, 0.2) is 0 Å². The van der Waals surface area contributed by atoms with Crippen molar-refractivity contribution in [2.75, 3.05) is 13.2 Å². The van der Waals surface area contributed by atoms with E-state index in [4.69, 9.17) is 4.74 Å². The molecule has 94 valence electrons. The maximum absolute atomic E-state index is 13.4. The second-order valence-corrected chi connectivity index (χ2v) is 4.04. The van der Waals surface area contributed by atoms with Crippen molar-refractivity contribution in [1.82, 2.24) is 5.32 Å². The molecule has 1 aromatic carbocycles. The summed E-state index contributed by atoms with van der Waals surface area (Å²) in [6.07, 6.45) is 3.07. The Morgan fingerprint density at radius 1 is 1.47 bits per heavy atom. The van der Waals surface area contributed by atoms with E-state index in [1.807, 2.05) is 12.1 Å². The van der Waals surface area contributed by atoms with Crippen molar-refractivity contribution in [1.29, 1.82) is 0 Å². The lowest BCUT2D eigenvalue weighted by molar-refractivity contribution is 0.243. The van der Waals surface area contributed by atoms with Crippen molar-refractivity contribution in [2.24, 2.45) is 0 Å². The molecule has 0 saturated carbocycles. The second-order valence-electron chi connectivity index (χ2n) is 4.04. The van der Waals surface area contributed by atoms with Crippen LogP contribution in [0.5, 0.6) is 0 Å². The van der Waals surface area contributed by atoms with E-state index in [0.717, 1.165) is 18.5 Å². The van der Waals surface area contributed by atoms with Gasteiger partial charge in [-0.1, -0.05) is 24.8 Å². The molecule has 0 amide bonds. The van der Waals surface area contributed by atoms with Crippen LogP contribution in [0.15, 0.2) is 37.1 Å². The van der Waals surface area contributed by atoms with Gasteiger partial charge in [0.2, 0.25) is 0 Å². The molecule has 0 spiro atoms. The van der Waals surface area contributed by atoms with E-state index in [0.29, 0.717) is 13.0 Å². The molecule has 1 unspecified atom stereocenters. The van der Waals surface area contributed by atoms with E-state index >= 15 is 0 Å². The molecule has 0 aliphatic carbocycles. The molecular weight excluding hydrogens is 217 g/mol. The van der Waals surface area contributed by atoms with Crippen LogP contribution in [0.4, 0.5) is 4.39 Å². The number of hydrogen-bond acceptors (Lipinski definition) is 2.